The first-order chi connectivity index (χ1) is 10.3. The normalized spacial score (nSPS) is 14.8. The quantitative estimate of drug-likeness (QED) is 0.938. The lowest BCUT2D eigenvalue weighted by Gasteiger charge is -2.36. The molecule has 1 aliphatic heterocycles. The van der Waals surface area contributed by atoms with Crippen molar-refractivity contribution in [2.75, 3.05) is 16.8 Å². The molecule has 1 aliphatic rings. The summed E-state index contributed by atoms with van der Waals surface area (Å²) in [5, 5.41) is 12.0. The molecule has 2 aromatic rings. The van der Waals surface area contributed by atoms with E-state index in [2.05, 4.69) is 11.4 Å². The number of carbonyl (C=O) groups excluding carboxylic acids is 1. The number of hydrogen-bond donors (Lipinski definition) is 1. The van der Waals surface area contributed by atoms with Crippen LogP contribution in [0.15, 0.2) is 54.6 Å². The molecule has 1 atom stereocenters. The number of para-hydroxylation sites is 2. The van der Waals surface area contributed by atoms with Crippen LogP contribution in [0.3, 0.4) is 0 Å². The average molecular weight is 277 g/mol. The number of benzene rings is 2. The van der Waals surface area contributed by atoms with E-state index in [4.69, 9.17) is 5.26 Å². The van der Waals surface area contributed by atoms with E-state index < -0.39 is 0 Å². The van der Waals surface area contributed by atoms with Crippen molar-refractivity contribution in [3.8, 4) is 6.07 Å². The Hall–Kier alpha value is -2.80. The summed E-state index contributed by atoms with van der Waals surface area (Å²) in [6.45, 7) is 0.262. The molecular weight excluding hydrogens is 262 g/mol. The third-order valence-electron chi connectivity index (χ3n) is 3.65. The van der Waals surface area contributed by atoms with Gasteiger partial charge in [0.25, 0.3) is 0 Å². The molecule has 1 amide bonds. The highest BCUT2D eigenvalue weighted by Crippen LogP contribution is 2.36. The molecule has 0 saturated carbocycles. The minimum atomic E-state index is -0.122. The lowest BCUT2D eigenvalue weighted by atomic mass is 10.0. The minimum Gasteiger partial charge on any atom is -0.352 e. The van der Waals surface area contributed by atoms with Crippen LogP contribution >= 0.6 is 0 Å². The molecule has 1 heterocycles. The second kappa shape index (κ2) is 5.68. The van der Waals surface area contributed by atoms with E-state index in [0.29, 0.717) is 6.42 Å². The van der Waals surface area contributed by atoms with Crippen molar-refractivity contribution in [1.82, 2.24) is 0 Å². The molecule has 0 saturated heterocycles. The lowest BCUT2D eigenvalue weighted by molar-refractivity contribution is -0.115. The standard InChI is InChI=1S/C17H15N3O/c18-11-10-15(13-6-2-1-3-7-13)20-12-17(21)19-14-8-4-5-9-16(14)20/h1-9,15H,10,12H2,(H,19,21). The number of fused-ring (bicyclic) bond motifs is 1. The Morgan fingerprint density at radius 1 is 1.14 bits per heavy atom. The van der Waals surface area contributed by atoms with Crippen molar-refractivity contribution < 1.29 is 4.79 Å². The largest absolute Gasteiger partial charge is 0.352 e. The monoisotopic (exact) mass is 277 g/mol. The van der Waals surface area contributed by atoms with Crippen molar-refractivity contribution in [1.29, 1.82) is 5.26 Å². The smallest absolute Gasteiger partial charge is 0.243 e. The summed E-state index contributed by atoms with van der Waals surface area (Å²) in [4.78, 5) is 13.9. The summed E-state index contributed by atoms with van der Waals surface area (Å²) in [5.41, 5.74) is 2.80. The van der Waals surface area contributed by atoms with Crippen molar-refractivity contribution in [2.45, 2.75) is 12.5 Å². The third-order valence-corrected chi connectivity index (χ3v) is 3.65. The molecule has 0 spiro atoms. The zero-order valence-electron chi connectivity index (χ0n) is 11.5. The van der Waals surface area contributed by atoms with E-state index in [9.17, 15) is 4.79 Å². The first-order valence-electron chi connectivity index (χ1n) is 6.87. The number of nitrogens with one attached hydrogen (secondary N) is 1. The number of nitriles is 1. The molecule has 2 aromatic carbocycles. The summed E-state index contributed by atoms with van der Waals surface area (Å²) in [6, 6.07) is 19.7. The van der Waals surface area contributed by atoms with E-state index in [1.807, 2.05) is 59.5 Å². The van der Waals surface area contributed by atoms with Gasteiger partial charge in [0.1, 0.15) is 0 Å². The van der Waals surface area contributed by atoms with Gasteiger partial charge in [0.2, 0.25) is 5.91 Å². The first-order valence-corrected chi connectivity index (χ1v) is 6.87. The van der Waals surface area contributed by atoms with E-state index in [1.54, 1.807) is 0 Å². The Labute approximate surface area is 123 Å². The number of carbonyl (C=O) groups is 1. The van der Waals surface area contributed by atoms with Crippen LogP contribution < -0.4 is 10.2 Å². The molecule has 0 fully saturated rings. The number of anilines is 2. The number of nitrogens with zero attached hydrogens (tertiary/aromatic N) is 2. The number of hydrogen-bond acceptors (Lipinski definition) is 3. The van der Waals surface area contributed by atoms with Gasteiger partial charge in [-0.05, 0) is 17.7 Å². The second-order valence-electron chi connectivity index (χ2n) is 4.98. The molecule has 1 unspecified atom stereocenters. The zero-order valence-corrected chi connectivity index (χ0v) is 11.5. The molecule has 4 nitrogen and oxygen atoms in total. The maximum Gasteiger partial charge on any atom is 0.243 e. The maximum atomic E-state index is 11.9. The van der Waals surface area contributed by atoms with Gasteiger partial charge in [-0.3, -0.25) is 4.79 Å². The Balaban J connectivity index is 2.04. The first kappa shape index (κ1) is 13.2. The van der Waals surface area contributed by atoms with Crippen LogP contribution in [0.4, 0.5) is 11.4 Å². The molecule has 21 heavy (non-hydrogen) atoms. The number of amides is 1. The third kappa shape index (κ3) is 2.59. The van der Waals surface area contributed by atoms with Gasteiger partial charge in [-0.15, -0.1) is 0 Å². The molecule has 1 N–H and O–H groups in total. The van der Waals surface area contributed by atoms with Crippen LogP contribution in [0.1, 0.15) is 18.0 Å². The van der Waals surface area contributed by atoms with Crippen LogP contribution in [0.25, 0.3) is 0 Å². The van der Waals surface area contributed by atoms with Gasteiger partial charge in [0.15, 0.2) is 0 Å². The highest BCUT2D eigenvalue weighted by molar-refractivity contribution is 6.01. The van der Waals surface area contributed by atoms with Gasteiger partial charge >= 0.3 is 0 Å². The van der Waals surface area contributed by atoms with Crippen molar-refractivity contribution in [3.63, 3.8) is 0 Å². The van der Waals surface area contributed by atoms with Crippen LogP contribution in [0.5, 0.6) is 0 Å². The molecule has 0 aromatic heterocycles. The fourth-order valence-corrected chi connectivity index (χ4v) is 2.71. The Morgan fingerprint density at radius 2 is 1.86 bits per heavy atom. The molecule has 0 radical (unpaired) electrons. The Bertz CT molecular complexity index is 691. The van der Waals surface area contributed by atoms with Gasteiger partial charge < -0.3 is 10.2 Å². The molecule has 104 valence electrons. The zero-order chi connectivity index (χ0) is 14.7. The Kier molecular flexibility index (Phi) is 3.57. The van der Waals surface area contributed by atoms with Gasteiger partial charge in [-0.25, -0.2) is 0 Å². The van der Waals surface area contributed by atoms with Crippen molar-refractivity contribution >= 4 is 17.3 Å². The summed E-state index contributed by atoms with van der Waals surface area (Å²) >= 11 is 0. The van der Waals surface area contributed by atoms with Gasteiger partial charge in [0, 0.05) is 0 Å². The fourth-order valence-electron chi connectivity index (χ4n) is 2.71. The van der Waals surface area contributed by atoms with Gasteiger partial charge in [0.05, 0.1) is 36.5 Å². The SMILES string of the molecule is N#CCC(c1ccccc1)N1CC(=O)Nc2ccccc21. The lowest BCUT2D eigenvalue weighted by Crippen LogP contribution is -2.40. The maximum absolute atomic E-state index is 11.9. The summed E-state index contributed by atoms with van der Waals surface area (Å²) in [7, 11) is 0. The van der Waals surface area contributed by atoms with E-state index in [-0.39, 0.29) is 18.5 Å². The minimum absolute atomic E-state index is 0.0485. The van der Waals surface area contributed by atoms with E-state index in [1.165, 1.54) is 0 Å². The molecule has 3 rings (SSSR count). The van der Waals surface area contributed by atoms with Crippen LogP contribution in [-0.4, -0.2) is 12.5 Å². The van der Waals surface area contributed by atoms with Gasteiger partial charge in [-0.1, -0.05) is 42.5 Å². The Morgan fingerprint density at radius 3 is 2.62 bits per heavy atom. The average Bonchev–Trinajstić information content (AvgIpc) is 2.52. The van der Waals surface area contributed by atoms with Crippen LogP contribution in [-0.2, 0) is 4.79 Å². The summed E-state index contributed by atoms with van der Waals surface area (Å²) < 4.78 is 0. The van der Waals surface area contributed by atoms with Crippen LogP contribution in [0.2, 0.25) is 0 Å². The summed E-state index contributed by atoms with van der Waals surface area (Å²) in [5.74, 6) is -0.0485. The summed E-state index contributed by atoms with van der Waals surface area (Å²) in [6.07, 6.45) is 0.339. The highest BCUT2D eigenvalue weighted by atomic mass is 16.2. The van der Waals surface area contributed by atoms with E-state index >= 15 is 0 Å². The molecule has 0 aliphatic carbocycles. The second-order valence-corrected chi connectivity index (χ2v) is 4.98. The molecule has 4 heteroatoms. The topological polar surface area (TPSA) is 56.1 Å². The number of rotatable bonds is 3. The van der Waals surface area contributed by atoms with Crippen LogP contribution in [0, 0.1) is 11.3 Å². The molecule has 0 bridgehead atoms. The van der Waals surface area contributed by atoms with Crippen molar-refractivity contribution in [2.24, 2.45) is 0 Å². The predicted octanol–water partition coefficient (Wildman–Crippen LogP) is 3.10. The predicted molar refractivity (Wildman–Crippen MR) is 81.8 cm³/mol. The van der Waals surface area contributed by atoms with Gasteiger partial charge in [-0.2, -0.15) is 5.26 Å². The molecular formula is C17H15N3O. The fraction of sp³-hybridized carbons (Fsp3) is 0.176. The van der Waals surface area contributed by atoms with E-state index in [0.717, 1.165) is 16.9 Å². The highest BCUT2D eigenvalue weighted by Gasteiger charge is 2.28. The van der Waals surface area contributed by atoms with Crippen molar-refractivity contribution in [3.05, 3.63) is 60.2 Å².